The molecule has 106 valence electrons. The number of halogens is 2. The summed E-state index contributed by atoms with van der Waals surface area (Å²) in [7, 11) is 0. The molecule has 1 atom stereocenters. The molecule has 1 amide bonds. The number of rotatable bonds is 5. The molecule has 0 spiro atoms. The average Bonchev–Trinajstić information content (AvgIpc) is 2.98. The fraction of sp³-hybridized carbons (Fsp3) is 0.273. The van der Waals surface area contributed by atoms with Crippen LogP contribution in [-0.2, 0) is 0 Å². The van der Waals surface area contributed by atoms with Crippen LogP contribution in [0.1, 0.15) is 10.4 Å². The third kappa shape index (κ3) is 3.32. The molecule has 0 saturated carbocycles. The maximum absolute atomic E-state index is 12.1. The number of aromatic nitrogens is 4. The van der Waals surface area contributed by atoms with Crippen molar-refractivity contribution < 1.29 is 18.7 Å². The van der Waals surface area contributed by atoms with Gasteiger partial charge in [0.05, 0.1) is 0 Å². The summed E-state index contributed by atoms with van der Waals surface area (Å²) in [5.74, 6) is -0.262. The van der Waals surface area contributed by atoms with Gasteiger partial charge < -0.3 is 10.4 Å². The number of H-pyrrole nitrogens is 1. The van der Waals surface area contributed by atoms with Crippen LogP contribution in [0.3, 0.4) is 0 Å². The third-order valence-electron chi connectivity index (χ3n) is 2.49. The van der Waals surface area contributed by atoms with Crippen molar-refractivity contribution in [1.29, 1.82) is 0 Å². The zero-order chi connectivity index (χ0) is 14.5. The summed E-state index contributed by atoms with van der Waals surface area (Å²) >= 11 is 0. The van der Waals surface area contributed by atoms with Gasteiger partial charge in [0.25, 0.3) is 12.3 Å². The zero-order valence-electron chi connectivity index (χ0n) is 10.1. The predicted molar refractivity (Wildman–Crippen MR) is 64.0 cm³/mol. The van der Waals surface area contributed by atoms with E-state index in [4.69, 9.17) is 5.11 Å². The maximum Gasteiger partial charge on any atom is 0.265 e. The SMILES string of the molecule is O=C(NCC(O)C(F)F)c1cccc(-c2nn[nH]n2)c1. The van der Waals surface area contributed by atoms with Gasteiger partial charge in [-0.25, -0.2) is 8.78 Å². The minimum atomic E-state index is -2.90. The molecule has 0 radical (unpaired) electrons. The molecule has 1 aromatic carbocycles. The number of nitrogens with zero attached hydrogens (tertiary/aromatic N) is 3. The van der Waals surface area contributed by atoms with Crippen molar-refractivity contribution in [3.05, 3.63) is 29.8 Å². The van der Waals surface area contributed by atoms with Gasteiger partial charge in [-0.05, 0) is 17.3 Å². The molecule has 0 saturated heterocycles. The second-order valence-electron chi connectivity index (χ2n) is 3.93. The Morgan fingerprint density at radius 1 is 1.45 bits per heavy atom. The second-order valence-corrected chi connectivity index (χ2v) is 3.93. The molecular weight excluding hydrogens is 272 g/mol. The molecule has 0 aliphatic heterocycles. The van der Waals surface area contributed by atoms with Crippen molar-refractivity contribution in [2.24, 2.45) is 0 Å². The highest BCUT2D eigenvalue weighted by Crippen LogP contribution is 2.14. The van der Waals surface area contributed by atoms with Crippen LogP contribution in [0.2, 0.25) is 0 Å². The molecule has 2 aromatic rings. The first-order valence-electron chi connectivity index (χ1n) is 5.66. The van der Waals surface area contributed by atoms with Crippen molar-refractivity contribution in [3.63, 3.8) is 0 Å². The Kier molecular flexibility index (Phi) is 4.31. The van der Waals surface area contributed by atoms with Crippen LogP contribution in [0.5, 0.6) is 0 Å². The number of nitrogens with one attached hydrogen (secondary N) is 2. The number of hydrogen-bond donors (Lipinski definition) is 3. The highest BCUT2D eigenvalue weighted by molar-refractivity contribution is 5.95. The van der Waals surface area contributed by atoms with Gasteiger partial charge >= 0.3 is 0 Å². The normalized spacial score (nSPS) is 12.4. The van der Waals surface area contributed by atoms with Gasteiger partial charge in [0.2, 0.25) is 5.82 Å². The highest BCUT2D eigenvalue weighted by Gasteiger charge is 2.18. The van der Waals surface area contributed by atoms with Crippen molar-refractivity contribution in [3.8, 4) is 11.4 Å². The van der Waals surface area contributed by atoms with Crippen molar-refractivity contribution in [1.82, 2.24) is 25.9 Å². The zero-order valence-corrected chi connectivity index (χ0v) is 10.1. The summed E-state index contributed by atoms with van der Waals surface area (Å²) in [6, 6.07) is 6.28. The molecule has 7 nitrogen and oxygen atoms in total. The van der Waals surface area contributed by atoms with E-state index >= 15 is 0 Å². The van der Waals surface area contributed by atoms with Gasteiger partial charge in [0, 0.05) is 17.7 Å². The van der Waals surface area contributed by atoms with Crippen molar-refractivity contribution >= 4 is 5.91 Å². The van der Waals surface area contributed by atoms with Crippen LogP contribution >= 0.6 is 0 Å². The first-order chi connectivity index (χ1) is 9.58. The van der Waals surface area contributed by atoms with Crippen LogP contribution in [0, 0.1) is 0 Å². The summed E-state index contributed by atoms with van der Waals surface area (Å²) in [6.45, 7) is -0.525. The standard InChI is InChI=1S/C11H11F2N5O2/c12-9(13)8(19)5-14-11(20)7-3-1-2-6(4-7)10-15-17-18-16-10/h1-4,8-9,19H,5H2,(H,14,20)(H,15,16,17,18). The molecule has 20 heavy (non-hydrogen) atoms. The Bertz CT molecular complexity index is 576. The number of aliphatic hydroxyl groups excluding tert-OH is 1. The first kappa shape index (κ1) is 14.0. The lowest BCUT2D eigenvalue weighted by Gasteiger charge is -2.10. The topological polar surface area (TPSA) is 104 Å². The first-order valence-corrected chi connectivity index (χ1v) is 5.66. The van der Waals surface area contributed by atoms with E-state index in [1.54, 1.807) is 12.1 Å². The number of carbonyl (C=O) groups excluding carboxylic acids is 1. The van der Waals surface area contributed by atoms with Crippen LogP contribution in [0.4, 0.5) is 8.78 Å². The Labute approximate surface area is 112 Å². The van der Waals surface area contributed by atoms with E-state index in [-0.39, 0.29) is 5.56 Å². The van der Waals surface area contributed by atoms with E-state index in [1.807, 2.05) is 0 Å². The summed E-state index contributed by atoms with van der Waals surface area (Å²) in [6.07, 6.45) is -4.79. The molecule has 2 rings (SSSR count). The Hall–Kier alpha value is -2.42. The van der Waals surface area contributed by atoms with Gasteiger partial charge in [0.1, 0.15) is 6.10 Å². The number of carbonyl (C=O) groups is 1. The molecule has 1 aromatic heterocycles. The van der Waals surface area contributed by atoms with E-state index in [9.17, 15) is 13.6 Å². The van der Waals surface area contributed by atoms with Gasteiger partial charge in [-0.15, -0.1) is 10.2 Å². The lowest BCUT2D eigenvalue weighted by molar-refractivity contribution is -0.00270. The van der Waals surface area contributed by atoms with E-state index in [2.05, 4.69) is 25.9 Å². The fourth-order valence-corrected chi connectivity index (χ4v) is 1.47. The fourth-order valence-electron chi connectivity index (χ4n) is 1.47. The molecular formula is C11H11F2N5O2. The summed E-state index contributed by atoms with van der Waals surface area (Å²) in [5.41, 5.74) is 0.801. The van der Waals surface area contributed by atoms with Gasteiger partial charge in [-0.2, -0.15) is 5.21 Å². The predicted octanol–water partition coefficient (Wildman–Crippen LogP) is 0.222. The van der Waals surface area contributed by atoms with Gasteiger partial charge in [0.15, 0.2) is 0 Å². The minimum absolute atomic E-state index is 0.244. The molecule has 9 heteroatoms. The number of benzene rings is 1. The monoisotopic (exact) mass is 283 g/mol. The summed E-state index contributed by atoms with van der Waals surface area (Å²) < 4.78 is 24.2. The molecule has 3 N–H and O–H groups in total. The number of alkyl halides is 2. The molecule has 0 bridgehead atoms. The quantitative estimate of drug-likeness (QED) is 0.728. The minimum Gasteiger partial charge on any atom is -0.385 e. The smallest absolute Gasteiger partial charge is 0.265 e. The molecule has 1 heterocycles. The van der Waals surface area contributed by atoms with Crippen LogP contribution in [0.15, 0.2) is 24.3 Å². The molecule has 0 aliphatic carbocycles. The Morgan fingerprint density at radius 2 is 2.25 bits per heavy atom. The summed E-state index contributed by atoms with van der Waals surface area (Å²) in [5, 5.41) is 24.4. The van der Waals surface area contributed by atoms with E-state index < -0.39 is 25.0 Å². The van der Waals surface area contributed by atoms with Crippen molar-refractivity contribution in [2.75, 3.05) is 6.54 Å². The lowest BCUT2D eigenvalue weighted by atomic mass is 10.1. The van der Waals surface area contributed by atoms with E-state index in [0.717, 1.165) is 0 Å². The number of tetrazole rings is 1. The Balaban J connectivity index is 2.05. The number of aliphatic hydroxyl groups is 1. The lowest BCUT2D eigenvalue weighted by Crippen LogP contribution is -2.35. The van der Waals surface area contributed by atoms with Crippen molar-refractivity contribution in [2.45, 2.75) is 12.5 Å². The van der Waals surface area contributed by atoms with Crippen LogP contribution in [0.25, 0.3) is 11.4 Å². The Morgan fingerprint density at radius 3 is 2.90 bits per heavy atom. The second kappa shape index (κ2) is 6.15. The largest absolute Gasteiger partial charge is 0.385 e. The highest BCUT2D eigenvalue weighted by atomic mass is 19.3. The van der Waals surface area contributed by atoms with Gasteiger partial charge in [-0.3, -0.25) is 4.79 Å². The van der Waals surface area contributed by atoms with Gasteiger partial charge in [-0.1, -0.05) is 12.1 Å². The van der Waals surface area contributed by atoms with Crippen LogP contribution < -0.4 is 5.32 Å². The number of hydrogen-bond acceptors (Lipinski definition) is 5. The molecule has 1 unspecified atom stereocenters. The molecule has 0 aliphatic rings. The molecule has 0 fully saturated rings. The third-order valence-corrected chi connectivity index (χ3v) is 2.49. The van der Waals surface area contributed by atoms with Crippen LogP contribution in [-0.4, -0.2) is 50.7 Å². The maximum atomic E-state index is 12.1. The number of aromatic amines is 1. The summed E-state index contributed by atoms with van der Waals surface area (Å²) in [4.78, 5) is 11.8. The van der Waals surface area contributed by atoms with E-state index in [0.29, 0.717) is 11.4 Å². The number of amides is 1. The average molecular weight is 283 g/mol. The van der Waals surface area contributed by atoms with E-state index in [1.165, 1.54) is 12.1 Å².